The third kappa shape index (κ3) is 2.80. The lowest BCUT2D eigenvalue weighted by molar-refractivity contribution is 0.0912. The summed E-state index contributed by atoms with van der Waals surface area (Å²) in [5, 5.41) is 12.9. The van der Waals surface area contributed by atoms with Crippen LogP contribution in [0.4, 0.5) is 0 Å². The minimum Gasteiger partial charge on any atom is -0.392 e. The number of aliphatic hydroxyl groups is 1. The summed E-state index contributed by atoms with van der Waals surface area (Å²) in [5.41, 5.74) is 0. The Morgan fingerprint density at radius 2 is 2.09 bits per heavy atom. The zero-order chi connectivity index (χ0) is 8.10. The van der Waals surface area contributed by atoms with E-state index in [1.54, 1.807) is 0 Å². The summed E-state index contributed by atoms with van der Waals surface area (Å²) in [6.45, 7) is 3.20. The highest BCUT2D eigenvalue weighted by Gasteiger charge is 2.21. The summed E-state index contributed by atoms with van der Waals surface area (Å²) < 4.78 is 0. The van der Waals surface area contributed by atoms with Gasteiger partial charge in [0.15, 0.2) is 0 Å². The second kappa shape index (κ2) is 4.73. The van der Waals surface area contributed by atoms with Crippen LogP contribution < -0.4 is 5.32 Å². The molecule has 0 radical (unpaired) electrons. The van der Waals surface area contributed by atoms with Crippen LogP contribution in [0.5, 0.6) is 0 Å². The standard InChI is InChI=1S/C9H19NO/c1-2-7-10-8-5-3-4-6-9(8)11/h8-11H,2-7H2,1H3/t8-,9+/m1/s1. The highest BCUT2D eigenvalue weighted by atomic mass is 16.3. The largest absolute Gasteiger partial charge is 0.392 e. The van der Waals surface area contributed by atoms with Crippen molar-refractivity contribution in [2.75, 3.05) is 6.54 Å². The molecule has 2 atom stereocenters. The molecule has 0 spiro atoms. The molecule has 0 saturated heterocycles. The number of aliphatic hydroxyl groups excluding tert-OH is 1. The average molecular weight is 157 g/mol. The molecule has 1 fully saturated rings. The molecule has 66 valence electrons. The van der Waals surface area contributed by atoms with Gasteiger partial charge in [-0.3, -0.25) is 0 Å². The van der Waals surface area contributed by atoms with Crippen LogP contribution in [0.1, 0.15) is 39.0 Å². The van der Waals surface area contributed by atoms with Gasteiger partial charge in [-0.25, -0.2) is 0 Å². The Hall–Kier alpha value is -0.0800. The van der Waals surface area contributed by atoms with Crippen LogP contribution in [0.15, 0.2) is 0 Å². The van der Waals surface area contributed by atoms with Gasteiger partial charge in [0.2, 0.25) is 0 Å². The van der Waals surface area contributed by atoms with Gasteiger partial charge < -0.3 is 10.4 Å². The summed E-state index contributed by atoms with van der Waals surface area (Å²) in [5.74, 6) is 0. The van der Waals surface area contributed by atoms with Gasteiger partial charge in [0.05, 0.1) is 6.10 Å². The SMILES string of the molecule is CCCN[C@@H]1CCCC[C@@H]1O. The van der Waals surface area contributed by atoms with E-state index in [1.807, 2.05) is 0 Å². The summed E-state index contributed by atoms with van der Waals surface area (Å²) >= 11 is 0. The van der Waals surface area contributed by atoms with Crippen molar-refractivity contribution in [3.63, 3.8) is 0 Å². The van der Waals surface area contributed by atoms with E-state index < -0.39 is 0 Å². The van der Waals surface area contributed by atoms with Gasteiger partial charge >= 0.3 is 0 Å². The maximum Gasteiger partial charge on any atom is 0.0693 e. The number of rotatable bonds is 3. The molecule has 1 rings (SSSR count). The van der Waals surface area contributed by atoms with Crippen LogP contribution in [0.25, 0.3) is 0 Å². The molecular formula is C9H19NO. The molecular weight excluding hydrogens is 138 g/mol. The maximum absolute atomic E-state index is 9.53. The Morgan fingerprint density at radius 3 is 2.73 bits per heavy atom. The zero-order valence-corrected chi connectivity index (χ0v) is 7.34. The molecule has 0 aromatic rings. The summed E-state index contributed by atoms with van der Waals surface area (Å²) in [6, 6.07) is 0.378. The van der Waals surface area contributed by atoms with Crippen LogP contribution in [-0.2, 0) is 0 Å². The number of nitrogens with one attached hydrogen (secondary N) is 1. The van der Waals surface area contributed by atoms with Crippen molar-refractivity contribution in [2.24, 2.45) is 0 Å². The topological polar surface area (TPSA) is 32.3 Å². The molecule has 0 aromatic carbocycles. The van der Waals surface area contributed by atoms with Crippen molar-refractivity contribution in [1.82, 2.24) is 5.32 Å². The first kappa shape index (κ1) is 9.01. The van der Waals surface area contributed by atoms with Crippen LogP contribution in [0, 0.1) is 0 Å². The van der Waals surface area contributed by atoms with E-state index in [2.05, 4.69) is 12.2 Å². The quantitative estimate of drug-likeness (QED) is 0.647. The Kier molecular flexibility index (Phi) is 3.87. The minimum atomic E-state index is -0.0877. The molecule has 0 aliphatic heterocycles. The van der Waals surface area contributed by atoms with Gasteiger partial charge in [-0.2, -0.15) is 0 Å². The third-order valence-corrected chi connectivity index (χ3v) is 2.39. The van der Waals surface area contributed by atoms with Gasteiger partial charge in [-0.15, -0.1) is 0 Å². The normalized spacial score (nSPS) is 32.2. The van der Waals surface area contributed by atoms with E-state index in [1.165, 1.54) is 12.8 Å². The molecule has 0 unspecified atom stereocenters. The van der Waals surface area contributed by atoms with E-state index in [-0.39, 0.29) is 6.10 Å². The van der Waals surface area contributed by atoms with Crippen molar-refractivity contribution in [3.05, 3.63) is 0 Å². The molecule has 0 amide bonds. The van der Waals surface area contributed by atoms with E-state index in [9.17, 15) is 5.11 Å². The zero-order valence-electron chi connectivity index (χ0n) is 7.34. The van der Waals surface area contributed by atoms with E-state index >= 15 is 0 Å². The maximum atomic E-state index is 9.53. The Labute approximate surface area is 69.0 Å². The molecule has 1 saturated carbocycles. The fourth-order valence-electron chi connectivity index (χ4n) is 1.68. The molecule has 11 heavy (non-hydrogen) atoms. The van der Waals surface area contributed by atoms with Crippen LogP contribution in [0.2, 0.25) is 0 Å². The highest BCUT2D eigenvalue weighted by molar-refractivity contribution is 4.79. The second-order valence-electron chi connectivity index (χ2n) is 3.41. The number of hydrogen-bond donors (Lipinski definition) is 2. The van der Waals surface area contributed by atoms with Gasteiger partial charge in [0, 0.05) is 6.04 Å². The molecule has 2 heteroatoms. The van der Waals surface area contributed by atoms with Crippen LogP contribution in [0.3, 0.4) is 0 Å². The van der Waals surface area contributed by atoms with Gasteiger partial charge in [0.25, 0.3) is 0 Å². The van der Waals surface area contributed by atoms with Gasteiger partial charge in [0.1, 0.15) is 0 Å². The van der Waals surface area contributed by atoms with Crippen molar-refractivity contribution in [2.45, 2.75) is 51.2 Å². The van der Waals surface area contributed by atoms with Crippen molar-refractivity contribution >= 4 is 0 Å². The minimum absolute atomic E-state index is 0.0877. The van der Waals surface area contributed by atoms with Crippen LogP contribution >= 0.6 is 0 Å². The summed E-state index contributed by atoms with van der Waals surface area (Å²) in [6.07, 6.45) is 5.69. The lowest BCUT2D eigenvalue weighted by atomic mass is 9.92. The molecule has 0 aromatic heterocycles. The predicted octanol–water partition coefficient (Wildman–Crippen LogP) is 1.29. The fraction of sp³-hybridized carbons (Fsp3) is 1.00. The predicted molar refractivity (Wildman–Crippen MR) is 46.6 cm³/mol. The Balaban J connectivity index is 2.18. The van der Waals surface area contributed by atoms with Gasteiger partial charge in [-0.05, 0) is 25.8 Å². The smallest absolute Gasteiger partial charge is 0.0693 e. The monoisotopic (exact) mass is 157 g/mol. The molecule has 2 N–H and O–H groups in total. The first-order valence-electron chi connectivity index (χ1n) is 4.76. The molecule has 1 aliphatic rings. The molecule has 0 bridgehead atoms. The van der Waals surface area contributed by atoms with Crippen LogP contribution in [-0.4, -0.2) is 23.8 Å². The number of hydrogen-bond acceptors (Lipinski definition) is 2. The van der Waals surface area contributed by atoms with Gasteiger partial charge in [-0.1, -0.05) is 19.8 Å². The second-order valence-corrected chi connectivity index (χ2v) is 3.41. The summed E-state index contributed by atoms with van der Waals surface area (Å²) in [7, 11) is 0. The van der Waals surface area contributed by atoms with Crippen molar-refractivity contribution < 1.29 is 5.11 Å². The molecule has 0 heterocycles. The summed E-state index contributed by atoms with van der Waals surface area (Å²) in [4.78, 5) is 0. The van der Waals surface area contributed by atoms with Crippen molar-refractivity contribution in [3.8, 4) is 0 Å². The van der Waals surface area contributed by atoms with E-state index in [4.69, 9.17) is 0 Å². The lowest BCUT2D eigenvalue weighted by Gasteiger charge is -2.28. The van der Waals surface area contributed by atoms with E-state index in [0.29, 0.717) is 6.04 Å². The lowest BCUT2D eigenvalue weighted by Crippen LogP contribution is -2.42. The van der Waals surface area contributed by atoms with E-state index in [0.717, 1.165) is 25.8 Å². The first-order chi connectivity index (χ1) is 5.34. The fourth-order valence-corrected chi connectivity index (χ4v) is 1.68. The molecule has 2 nitrogen and oxygen atoms in total. The molecule has 1 aliphatic carbocycles. The first-order valence-corrected chi connectivity index (χ1v) is 4.76. The highest BCUT2D eigenvalue weighted by Crippen LogP contribution is 2.17. The Bertz CT molecular complexity index is 106. The average Bonchev–Trinajstić information content (AvgIpc) is 2.03. The van der Waals surface area contributed by atoms with Crippen molar-refractivity contribution in [1.29, 1.82) is 0 Å². The third-order valence-electron chi connectivity index (χ3n) is 2.39. The Morgan fingerprint density at radius 1 is 1.36 bits per heavy atom.